The molecule has 8 heteroatoms. The van der Waals surface area contributed by atoms with Gasteiger partial charge in [-0.1, -0.05) is 12.1 Å². The molecule has 0 unspecified atom stereocenters. The number of hydrogen-bond donors (Lipinski definition) is 2. The van der Waals surface area contributed by atoms with Crippen molar-refractivity contribution < 1.29 is 18.7 Å². The van der Waals surface area contributed by atoms with Crippen LogP contribution in [0.1, 0.15) is 65.8 Å². The number of fused-ring (bicyclic) bond motifs is 2. The third kappa shape index (κ3) is 3.84. The quantitative estimate of drug-likeness (QED) is 0.566. The minimum Gasteiger partial charge on any atom is -0.463 e. The Kier molecular flexibility index (Phi) is 5.46. The van der Waals surface area contributed by atoms with Crippen molar-refractivity contribution in [1.29, 1.82) is 0 Å². The summed E-state index contributed by atoms with van der Waals surface area (Å²) < 4.78 is 10.8. The van der Waals surface area contributed by atoms with Crippen molar-refractivity contribution >= 4 is 39.2 Å². The molecule has 0 bridgehead atoms. The van der Waals surface area contributed by atoms with Gasteiger partial charge in [0.1, 0.15) is 22.4 Å². The number of hydrogen-bond acceptors (Lipinski definition) is 7. The van der Waals surface area contributed by atoms with Gasteiger partial charge in [0, 0.05) is 16.0 Å². The summed E-state index contributed by atoms with van der Waals surface area (Å²) in [5.74, 6) is -1.11. The molecule has 0 radical (unpaired) electrons. The molecule has 7 nitrogen and oxygen atoms in total. The van der Waals surface area contributed by atoms with E-state index in [4.69, 9.17) is 9.15 Å². The lowest BCUT2D eigenvalue weighted by Crippen LogP contribution is -2.55. The van der Waals surface area contributed by atoms with Gasteiger partial charge in [0.05, 0.1) is 17.6 Å². The SMILES string of the molecule is CCOC(=O)c1c(NC(=O)c2coc3ccccc3c2=O)sc2c1CC(C)(C)NC2(C)C. The van der Waals surface area contributed by atoms with Gasteiger partial charge in [-0.25, -0.2) is 4.79 Å². The summed E-state index contributed by atoms with van der Waals surface area (Å²) in [6.07, 6.45) is 1.76. The minimum atomic E-state index is -0.626. The van der Waals surface area contributed by atoms with Crippen LogP contribution in [0.15, 0.2) is 39.7 Å². The summed E-state index contributed by atoms with van der Waals surface area (Å²) in [5, 5.41) is 7.08. The summed E-state index contributed by atoms with van der Waals surface area (Å²) in [6.45, 7) is 10.2. The van der Waals surface area contributed by atoms with E-state index in [2.05, 4.69) is 24.5 Å². The topological polar surface area (TPSA) is 97.6 Å². The summed E-state index contributed by atoms with van der Waals surface area (Å²) in [4.78, 5) is 39.8. The molecule has 4 rings (SSSR count). The molecule has 0 atom stereocenters. The van der Waals surface area contributed by atoms with Gasteiger partial charge in [-0.05, 0) is 58.7 Å². The normalized spacial score (nSPS) is 16.4. The number of para-hydroxylation sites is 1. The maximum absolute atomic E-state index is 13.1. The van der Waals surface area contributed by atoms with Crippen molar-refractivity contribution in [2.45, 2.75) is 52.1 Å². The second-order valence-electron chi connectivity index (χ2n) is 9.07. The number of esters is 1. The van der Waals surface area contributed by atoms with Gasteiger partial charge >= 0.3 is 5.97 Å². The van der Waals surface area contributed by atoms with Crippen molar-refractivity contribution in [3.8, 4) is 0 Å². The van der Waals surface area contributed by atoms with Gasteiger partial charge in [-0.2, -0.15) is 0 Å². The molecule has 0 saturated heterocycles. The maximum Gasteiger partial charge on any atom is 0.341 e. The lowest BCUT2D eigenvalue weighted by Gasteiger charge is -2.42. The van der Waals surface area contributed by atoms with Crippen LogP contribution in [-0.2, 0) is 16.7 Å². The monoisotopic (exact) mass is 454 g/mol. The largest absolute Gasteiger partial charge is 0.463 e. The number of thiophene rings is 1. The first kappa shape index (κ1) is 22.2. The number of nitrogens with one attached hydrogen (secondary N) is 2. The predicted molar refractivity (Wildman–Crippen MR) is 125 cm³/mol. The fourth-order valence-electron chi connectivity index (χ4n) is 4.44. The first-order valence-corrected chi connectivity index (χ1v) is 11.3. The second-order valence-corrected chi connectivity index (χ2v) is 10.1. The van der Waals surface area contributed by atoms with Gasteiger partial charge in [0.2, 0.25) is 5.43 Å². The van der Waals surface area contributed by atoms with Gasteiger partial charge in [-0.15, -0.1) is 11.3 Å². The molecule has 2 N–H and O–H groups in total. The Labute approximate surface area is 189 Å². The third-order valence-electron chi connectivity index (χ3n) is 5.48. The van der Waals surface area contributed by atoms with Crippen molar-refractivity contribution in [2.75, 3.05) is 11.9 Å². The van der Waals surface area contributed by atoms with Crippen molar-refractivity contribution in [3.63, 3.8) is 0 Å². The Morgan fingerprint density at radius 1 is 1.22 bits per heavy atom. The molecule has 1 amide bonds. The molecular formula is C24H26N2O5S. The Bertz CT molecular complexity index is 1290. The Morgan fingerprint density at radius 3 is 2.66 bits per heavy atom. The zero-order valence-electron chi connectivity index (χ0n) is 18.8. The molecule has 3 heterocycles. The number of ether oxygens (including phenoxy) is 1. The van der Waals surface area contributed by atoms with Gasteiger partial charge in [0.15, 0.2) is 0 Å². The highest BCUT2D eigenvalue weighted by molar-refractivity contribution is 7.17. The fraction of sp³-hybridized carbons (Fsp3) is 0.375. The van der Waals surface area contributed by atoms with Crippen LogP contribution in [0.2, 0.25) is 0 Å². The average Bonchev–Trinajstić information content (AvgIpc) is 3.05. The van der Waals surface area contributed by atoms with E-state index < -0.39 is 22.8 Å². The Balaban J connectivity index is 1.80. The number of carbonyl (C=O) groups is 2. The first-order valence-electron chi connectivity index (χ1n) is 10.5. The van der Waals surface area contributed by atoms with E-state index in [1.54, 1.807) is 31.2 Å². The zero-order chi connectivity index (χ0) is 23.3. The standard InChI is InChI=1S/C24H26N2O5S/c1-6-30-22(29)17-14-11-23(2,3)26-24(4,5)19(14)32-21(17)25-20(28)15-12-31-16-10-8-7-9-13(16)18(15)27/h7-10,12,26H,6,11H2,1-5H3,(H,25,28). The van der Waals surface area contributed by atoms with E-state index >= 15 is 0 Å². The molecule has 1 aromatic carbocycles. The molecule has 0 fully saturated rings. The van der Waals surface area contributed by atoms with Crippen LogP contribution < -0.4 is 16.1 Å². The van der Waals surface area contributed by atoms with Gasteiger partial charge in [-0.3, -0.25) is 9.59 Å². The molecule has 168 valence electrons. The average molecular weight is 455 g/mol. The van der Waals surface area contributed by atoms with Crippen molar-refractivity contribution in [1.82, 2.24) is 5.32 Å². The van der Waals surface area contributed by atoms with E-state index in [1.165, 1.54) is 11.3 Å². The summed E-state index contributed by atoms with van der Waals surface area (Å²) >= 11 is 1.33. The maximum atomic E-state index is 13.1. The van der Waals surface area contributed by atoms with Crippen LogP contribution in [-0.4, -0.2) is 24.0 Å². The van der Waals surface area contributed by atoms with Gasteiger partial charge in [0.25, 0.3) is 5.91 Å². The van der Waals surface area contributed by atoms with Crippen LogP contribution in [0.4, 0.5) is 5.00 Å². The van der Waals surface area contributed by atoms with Crippen LogP contribution in [0, 0.1) is 0 Å². The third-order valence-corrected chi connectivity index (χ3v) is 6.95. The Hall–Kier alpha value is -2.97. The highest BCUT2D eigenvalue weighted by Gasteiger charge is 2.42. The fourth-order valence-corrected chi connectivity index (χ4v) is 5.70. The van der Waals surface area contributed by atoms with E-state index in [1.807, 2.05) is 13.8 Å². The zero-order valence-corrected chi connectivity index (χ0v) is 19.6. The van der Waals surface area contributed by atoms with Crippen LogP contribution in [0.25, 0.3) is 11.0 Å². The molecule has 0 aliphatic carbocycles. The number of amides is 1. The first-order chi connectivity index (χ1) is 15.0. The number of rotatable bonds is 4. The molecule has 1 aliphatic rings. The molecule has 0 saturated carbocycles. The number of benzene rings is 1. The number of anilines is 1. The predicted octanol–water partition coefficient (Wildman–Crippen LogP) is 4.44. The van der Waals surface area contributed by atoms with Gasteiger partial charge < -0.3 is 19.8 Å². The molecular weight excluding hydrogens is 428 g/mol. The highest BCUT2D eigenvalue weighted by Crippen LogP contribution is 2.45. The summed E-state index contributed by atoms with van der Waals surface area (Å²) in [6, 6.07) is 6.75. The summed E-state index contributed by atoms with van der Waals surface area (Å²) in [5.41, 5.74) is 0.418. The van der Waals surface area contributed by atoms with E-state index in [0.29, 0.717) is 28.0 Å². The summed E-state index contributed by atoms with van der Waals surface area (Å²) in [7, 11) is 0. The highest BCUT2D eigenvalue weighted by atomic mass is 32.1. The van der Waals surface area contributed by atoms with E-state index in [9.17, 15) is 14.4 Å². The van der Waals surface area contributed by atoms with E-state index in [-0.39, 0.29) is 17.7 Å². The lowest BCUT2D eigenvalue weighted by molar-refractivity contribution is 0.0525. The number of carbonyl (C=O) groups excluding carboxylic acids is 2. The smallest absolute Gasteiger partial charge is 0.341 e. The molecule has 32 heavy (non-hydrogen) atoms. The minimum absolute atomic E-state index is 0.123. The second kappa shape index (κ2) is 7.86. The molecule has 2 aromatic heterocycles. The molecule has 3 aromatic rings. The van der Waals surface area contributed by atoms with Crippen LogP contribution in [0.3, 0.4) is 0 Å². The van der Waals surface area contributed by atoms with Crippen LogP contribution in [0.5, 0.6) is 0 Å². The molecule has 1 aliphatic heterocycles. The van der Waals surface area contributed by atoms with Crippen molar-refractivity contribution in [3.05, 3.63) is 62.3 Å². The van der Waals surface area contributed by atoms with E-state index in [0.717, 1.165) is 16.7 Å². The lowest BCUT2D eigenvalue weighted by atomic mass is 9.81. The van der Waals surface area contributed by atoms with Crippen molar-refractivity contribution in [2.24, 2.45) is 0 Å². The van der Waals surface area contributed by atoms with Crippen LogP contribution >= 0.6 is 11.3 Å². The Morgan fingerprint density at radius 2 is 1.94 bits per heavy atom. The molecule has 0 spiro atoms.